The topological polar surface area (TPSA) is 29.5 Å². The Hall–Kier alpha value is -0.570. The predicted molar refractivity (Wildman–Crippen MR) is 70.2 cm³/mol. The fourth-order valence-corrected chi connectivity index (χ4v) is 4.00. The lowest BCUT2D eigenvalue weighted by atomic mass is 9.86. The van der Waals surface area contributed by atoms with Gasteiger partial charge in [-0.2, -0.15) is 0 Å². The van der Waals surface area contributed by atoms with Crippen molar-refractivity contribution in [3.05, 3.63) is 0 Å². The first-order chi connectivity index (χ1) is 8.74. The van der Waals surface area contributed by atoms with Gasteiger partial charge in [0.25, 0.3) is 0 Å². The molecule has 0 N–H and O–H groups in total. The summed E-state index contributed by atoms with van der Waals surface area (Å²) in [5.41, 5.74) is 0. The lowest BCUT2D eigenvalue weighted by molar-refractivity contribution is -0.139. The van der Waals surface area contributed by atoms with Crippen LogP contribution in [0.2, 0.25) is 0 Å². The van der Waals surface area contributed by atoms with Gasteiger partial charge in [-0.3, -0.25) is 4.79 Å². The zero-order valence-corrected chi connectivity index (χ0v) is 11.4. The van der Waals surface area contributed by atoms with Gasteiger partial charge in [-0.25, -0.2) is 0 Å². The molecule has 3 fully saturated rings. The molecular formula is C15H25NO2. The van der Waals surface area contributed by atoms with E-state index in [1.54, 1.807) is 0 Å². The lowest BCUT2D eigenvalue weighted by Gasteiger charge is -2.36. The lowest BCUT2D eigenvalue weighted by Crippen LogP contribution is -2.47. The smallest absolute Gasteiger partial charge is 0.225 e. The molecule has 102 valence electrons. The summed E-state index contributed by atoms with van der Waals surface area (Å²) < 4.78 is 5.90. The van der Waals surface area contributed by atoms with E-state index in [4.69, 9.17) is 4.74 Å². The van der Waals surface area contributed by atoms with Crippen LogP contribution in [0.1, 0.15) is 51.9 Å². The van der Waals surface area contributed by atoms with Gasteiger partial charge in [0.2, 0.25) is 5.91 Å². The molecule has 0 aromatic heterocycles. The number of hydrogen-bond acceptors (Lipinski definition) is 2. The van der Waals surface area contributed by atoms with Gasteiger partial charge in [-0.05, 0) is 32.6 Å². The Morgan fingerprint density at radius 3 is 2.72 bits per heavy atom. The van der Waals surface area contributed by atoms with Crippen LogP contribution < -0.4 is 0 Å². The molecule has 1 aliphatic carbocycles. The molecule has 0 unspecified atom stereocenters. The van der Waals surface area contributed by atoms with E-state index in [0.29, 0.717) is 30.0 Å². The SMILES string of the molecule is C[C@@H]1C[C@@H]2CN(C(=O)C3CCCCC3)CC[C@@H]2O1. The molecule has 0 bridgehead atoms. The van der Waals surface area contributed by atoms with Gasteiger partial charge in [0.15, 0.2) is 0 Å². The highest BCUT2D eigenvalue weighted by Crippen LogP contribution is 2.34. The van der Waals surface area contributed by atoms with Crippen LogP contribution in [-0.2, 0) is 9.53 Å². The second-order valence-electron chi connectivity index (χ2n) is 6.39. The predicted octanol–water partition coefficient (Wildman–Crippen LogP) is 2.59. The van der Waals surface area contributed by atoms with Crippen LogP contribution >= 0.6 is 0 Å². The van der Waals surface area contributed by atoms with Crippen molar-refractivity contribution in [1.82, 2.24) is 4.90 Å². The van der Waals surface area contributed by atoms with Crippen LogP contribution in [0.15, 0.2) is 0 Å². The third-order valence-electron chi connectivity index (χ3n) is 4.97. The first-order valence-corrected chi connectivity index (χ1v) is 7.68. The van der Waals surface area contributed by atoms with Crippen molar-refractivity contribution in [2.24, 2.45) is 11.8 Å². The molecule has 3 nitrogen and oxygen atoms in total. The number of amides is 1. The average molecular weight is 251 g/mol. The highest BCUT2D eigenvalue weighted by molar-refractivity contribution is 5.79. The molecule has 1 saturated carbocycles. The minimum atomic E-state index is 0.329. The highest BCUT2D eigenvalue weighted by Gasteiger charge is 2.39. The number of fused-ring (bicyclic) bond motifs is 1. The Balaban J connectivity index is 1.58. The van der Waals surface area contributed by atoms with Crippen molar-refractivity contribution < 1.29 is 9.53 Å². The third-order valence-corrected chi connectivity index (χ3v) is 4.97. The summed E-state index contributed by atoms with van der Waals surface area (Å²) >= 11 is 0. The average Bonchev–Trinajstić information content (AvgIpc) is 2.78. The van der Waals surface area contributed by atoms with Gasteiger partial charge in [0.05, 0.1) is 12.2 Å². The van der Waals surface area contributed by atoms with Crippen LogP contribution in [0.3, 0.4) is 0 Å². The molecular weight excluding hydrogens is 226 g/mol. The molecule has 1 amide bonds. The highest BCUT2D eigenvalue weighted by atomic mass is 16.5. The second kappa shape index (κ2) is 5.20. The van der Waals surface area contributed by atoms with E-state index in [2.05, 4.69) is 11.8 Å². The van der Waals surface area contributed by atoms with E-state index in [1.165, 1.54) is 19.3 Å². The van der Waals surface area contributed by atoms with Gasteiger partial charge in [-0.15, -0.1) is 0 Å². The number of rotatable bonds is 1. The van der Waals surface area contributed by atoms with Crippen LogP contribution in [0.4, 0.5) is 0 Å². The molecule has 3 rings (SSSR count). The number of ether oxygens (including phenoxy) is 1. The van der Waals surface area contributed by atoms with E-state index >= 15 is 0 Å². The van der Waals surface area contributed by atoms with Crippen LogP contribution in [0.25, 0.3) is 0 Å². The van der Waals surface area contributed by atoms with Crippen molar-refractivity contribution in [3.63, 3.8) is 0 Å². The van der Waals surface area contributed by atoms with E-state index in [0.717, 1.165) is 38.8 Å². The number of piperidine rings is 1. The maximum absolute atomic E-state index is 12.5. The fourth-order valence-electron chi connectivity index (χ4n) is 4.00. The summed E-state index contributed by atoms with van der Waals surface area (Å²) in [5, 5.41) is 0. The number of carbonyl (C=O) groups excluding carboxylic acids is 1. The summed E-state index contributed by atoms with van der Waals surface area (Å²) in [5.74, 6) is 1.36. The molecule has 0 aromatic carbocycles. The summed E-state index contributed by atoms with van der Waals surface area (Å²) in [4.78, 5) is 14.6. The molecule has 2 aliphatic heterocycles. The van der Waals surface area contributed by atoms with Crippen LogP contribution in [-0.4, -0.2) is 36.1 Å². The Bertz CT molecular complexity index is 312. The van der Waals surface area contributed by atoms with Crippen LogP contribution in [0, 0.1) is 11.8 Å². The Labute approximate surface area is 110 Å². The normalized spacial score (nSPS) is 37.6. The molecule has 3 heteroatoms. The standard InChI is InChI=1S/C15H25NO2/c1-11-9-13-10-16(8-7-14(13)18-11)15(17)12-5-3-2-4-6-12/h11-14H,2-10H2,1H3/t11-,13-,14+/m1/s1. The van der Waals surface area contributed by atoms with Gasteiger partial charge >= 0.3 is 0 Å². The third kappa shape index (κ3) is 2.42. The maximum atomic E-state index is 12.5. The molecule has 0 spiro atoms. The quantitative estimate of drug-likeness (QED) is 0.717. The van der Waals surface area contributed by atoms with E-state index < -0.39 is 0 Å². The van der Waals surface area contributed by atoms with E-state index in [9.17, 15) is 4.79 Å². The number of nitrogens with zero attached hydrogens (tertiary/aromatic N) is 1. The fraction of sp³-hybridized carbons (Fsp3) is 0.933. The largest absolute Gasteiger partial charge is 0.375 e. The van der Waals surface area contributed by atoms with Crippen molar-refractivity contribution >= 4 is 5.91 Å². The Morgan fingerprint density at radius 2 is 1.94 bits per heavy atom. The maximum Gasteiger partial charge on any atom is 0.225 e. The van der Waals surface area contributed by atoms with Gasteiger partial charge in [-0.1, -0.05) is 19.3 Å². The van der Waals surface area contributed by atoms with Crippen molar-refractivity contribution in [2.45, 2.75) is 64.1 Å². The Kier molecular flexibility index (Phi) is 3.60. The van der Waals surface area contributed by atoms with Gasteiger partial charge < -0.3 is 9.64 Å². The minimum absolute atomic E-state index is 0.329. The summed E-state index contributed by atoms with van der Waals surface area (Å²) in [6.45, 7) is 4.03. The van der Waals surface area contributed by atoms with Crippen molar-refractivity contribution in [2.75, 3.05) is 13.1 Å². The molecule has 0 aromatic rings. The molecule has 2 saturated heterocycles. The zero-order valence-electron chi connectivity index (χ0n) is 11.4. The number of carbonyl (C=O) groups is 1. The summed E-state index contributed by atoms with van der Waals surface area (Å²) in [6, 6.07) is 0. The molecule has 0 radical (unpaired) electrons. The minimum Gasteiger partial charge on any atom is -0.375 e. The summed E-state index contributed by atoms with van der Waals surface area (Å²) in [6.07, 6.45) is 9.06. The van der Waals surface area contributed by atoms with E-state index in [1.807, 2.05) is 0 Å². The zero-order chi connectivity index (χ0) is 12.5. The molecule has 3 atom stereocenters. The van der Waals surface area contributed by atoms with Crippen molar-refractivity contribution in [1.29, 1.82) is 0 Å². The van der Waals surface area contributed by atoms with Crippen LogP contribution in [0.5, 0.6) is 0 Å². The van der Waals surface area contributed by atoms with E-state index in [-0.39, 0.29) is 0 Å². The monoisotopic (exact) mass is 251 g/mol. The van der Waals surface area contributed by atoms with Gasteiger partial charge in [0.1, 0.15) is 0 Å². The van der Waals surface area contributed by atoms with Crippen molar-refractivity contribution in [3.8, 4) is 0 Å². The molecule has 18 heavy (non-hydrogen) atoms. The molecule has 3 aliphatic rings. The first kappa shape index (κ1) is 12.5. The van der Waals surface area contributed by atoms with Gasteiger partial charge in [0, 0.05) is 24.9 Å². The number of hydrogen-bond donors (Lipinski definition) is 0. The molecule has 2 heterocycles. The first-order valence-electron chi connectivity index (χ1n) is 7.68. The second-order valence-corrected chi connectivity index (χ2v) is 6.39. The number of likely N-dealkylation sites (tertiary alicyclic amines) is 1. The Morgan fingerprint density at radius 1 is 1.17 bits per heavy atom. The summed E-state index contributed by atoms with van der Waals surface area (Å²) in [7, 11) is 0.